The number of alkyl halides is 3. The van der Waals surface area contributed by atoms with Crippen LogP contribution < -0.4 is 5.32 Å². The molecule has 3 aromatic carbocycles. The summed E-state index contributed by atoms with van der Waals surface area (Å²) in [4.78, 5) is 12.4. The molecule has 176 valence electrons. The first-order chi connectivity index (χ1) is 15.8. The van der Waals surface area contributed by atoms with E-state index < -0.39 is 44.4 Å². The summed E-state index contributed by atoms with van der Waals surface area (Å²) in [5.74, 6) is -2.22. The van der Waals surface area contributed by atoms with Crippen LogP contribution in [0, 0.1) is 11.3 Å². The van der Waals surface area contributed by atoms with Gasteiger partial charge in [0, 0.05) is 5.69 Å². The Morgan fingerprint density at radius 3 is 2.26 bits per heavy atom. The second-order valence-electron chi connectivity index (χ2n) is 7.75. The maximum atomic E-state index is 13.2. The zero-order chi connectivity index (χ0) is 25.1. The summed E-state index contributed by atoms with van der Waals surface area (Å²) in [7, 11) is -4.16. The van der Waals surface area contributed by atoms with Crippen LogP contribution in [0.5, 0.6) is 0 Å². The number of carbonyl (C=O) groups excluding carboxylic acids is 1. The van der Waals surface area contributed by atoms with Crippen molar-refractivity contribution in [1.82, 2.24) is 0 Å². The van der Waals surface area contributed by atoms with Crippen LogP contribution in [0.15, 0.2) is 77.7 Å². The highest BCUT2D eigenvalue weighted by atomic mass is 32.2. The largest absolute Gasteiger partial charge is 0.417 e. The standard InChI is InChI=1S/C24H19F3N2O4S/c1-23(31,22(30)29-19-11-10-18(14-28)21(13-19)24(25,26)27)15-34(32,33)20-9-5-8-17(12-20)16-6-3-2-4-7-16/h2-13,31H,15H2,1H3,(H,29,30). The maximum Gasteiger partial charge on any atom is 0.417 e. The van der Waals surface area contributed by atoms with Crippen molar-refractivity contribution >= 4 is 21.4 Å². The van der Waals surface area contributed by atoms with E-state index in [2.05, 4.69) is 5.32 Å². The van der Waals surface area contributed by atoms with Crippen LogP contribution in [-0.4, -0.2) is 30.8 Å². The van der Waals surface area contributed by atoms with Crippen molar-refractivity contribution in [2.75, 3.05) is 11.1 Å². The predicted octanol–water partition coefficient (Wildman–Crippen LogP) is 4.41. The van der Waals surface area contributed by atoms with E-state index in [4.69, 9.17) is 5.26 Å². The van der Waals surface area contributed by atoms with Gasteiger partial charge < -0.3 is 10.4 Å². The predicted molar refractivity (Wildman–Crippen MR) is 119 cm³/mol. The van der Waals surface area contributed by atoms with Crippen molar-refractivity contribution in [2.24, 2.45) is 0 Å². The van der Waals surface area contributed by atoms with Crippen LogP contribution in [0.2, 0.25) is 0 Å². The Labute approximate surface area is 194 Å². The number of hydrogen-bond acceptors (Lipinski definition) is 5. The third-order valence-corrected chi connectivity index (χ3v) is 6.88. The van der Waals surface area contributed by atoms with Crippen LogP contribution in [0.3, 0.4) is 0 Å². The number of nitrogens with one attached hydrogen (secondary N) is 1. The molecule has 2 N–H and O–H groups in total. The third-order valence-electron chi connectivity index (χ3n) is 4.96. The molecule has 3 aromatic rings. The third kappa shape index (κ3) is 5.62. The minimum atomic E-state index is -4.85. The molecule has 0 aromatic heterocycles. The fraction of sp³-hybridized carbons (Fsp3) is 0.167. The van der Waals surface area contributed by atoms with Crippen molar-refractivity contribution in [2.45, 2.75) is 23.6 Å². The van der Waals surface area contributed by atoms with Crippen molar-refractivity contribution < 1.29 is 31.5 Å². The van der Waals surface area contributed by atoms with Gasteiger partial charge in [-0.3, -0.25) is 4.79 Å². The van der Waals surface area contributed by atoms with E-state index in [1.807, 2.05) is 6.07 Å². The molecule has 0 spiro atoms. The lowest BCUT2D eigenvalue weighted by atomic mass is 10.1. The van der Waals surface area contributed by atoms with E-state index in [0.717, 1.165) is 24.6 Å². The van der Waals surface area contributed by atoms with E-state index in [1.54, 1.807) is 30.3 Å². The molecule has 0 radical (unpaired) electrons. The van der Waals surface area contributed by atoms with Gasteiger partial charge in [-0.05, 0) is 48.4 Å². The smallest absolute Gasteiger partial charge is 0.379 e. The van der Waals surface area contributed by atoms with Crippen LogP contribution in [0.25, 0.3) is 11.1 Å². The van der Waals surface area contributed by atoms with Gasteiger partial charge in [0.15, 0.2) is 15.4 Å². The molecule has 0 saturated carbocycles. The van der Waals surface area contributed by atoms with E-state index in [9.17, 15) is 31.5 Å². The zero-order valence-electron chi connectivity index (χ0n) is 17.8. The Bertz CT molecular complexity index is 1360. The number of sulfone groups is 1. The Hall–Kier alpha value is -3.68. The summed E-state index contributed by atoms with van der Waals surface area (Å²) in [6.07, 6.45) is -4.85. The molecule has 34 heavy (non-hydrogen) atoms. The Kier molecular flexibility index (Phi) is 6.82. The minimum Gasteiger partial charge on any atom is -0.379 e. The molecule has 0 aliphatic carbocycles. The van der Waals surface area contributed by atoms with Crippen LogP contribution in [0.4, 0.5) is 18.9 Å². The molecule has 0 bridgehead atoms. The first-order valence-electron chi connectivity index (χ1n) is 9.87. The highest BCUT2D eigenvalue weighted by Gasteiger charge is 2.38. The van der Waals surface area contributed by atoms with Gasteiger partial charge in [0.05, 0.1) is 27.8 Å². The summed E-state index contributed by atoms with van der Waals surface area (Å²) in [6, 6.07) is 18.8. The van der Waals surface area contributed by atoms with Gasteiger partial charge in [0.1, 0.15) is 0 Å². The van der Waals surface area contributed by atoms with Gasteiger partial charge >= 0.3 is 6.18 Å². The Balaban J connectivity index is 1.83. The quantitative estimate of drug-likeness (QED) is 0.535. The summed E-state index contributed by atoms with van der Waals surface area (Å²) >= 11 is 0. The normalized spacial score (nSPS) is 13.5. The number of benzene rings is 3. The van der Waals surface area contributed by atoms with Crippen molar-refractivity contribution in [3.05, 3.63) is 83.9 Å². The number of carbonyl (C=O) groups is 1. The molecular formula is C24H19F3N2O4S. The fourth-order valence-electron chi connectivity index (χ4n) is 3.24. The van der Waals surface area contributed by atoms with E-state index in [0.29, 0.717) is 11.6 Å². The number of hydrogen-bond donors (Lipinski definition) is 2. The van der Waals surface area contributed by atoms with E-state index in [-0.39, 0.29) is 10.6 Å². The molecule has 1 atom stereocenters. The lowest BCUT2D eigenvalue weighted by Gasteiger charge is -2.23. The van der Waals surface area contributed by atoms with Crippen LogP contribution in [-0.2, 0) is 20.8 Å². The van der Waals surface area contributed by atoms with E-state index in [1.165, 1.54) is 24.3 Å². The van der Waals surface area contributed by atoms with Crippen LogP contribution >= 0.6 is 0 Å². The summed E-state index contributed by atoms with van der Waals surface area (Å²) in [5, 5.41) is 21.6. The van der Waals surface area contributed by atoms with Gasteiger partial charge in [-0.15, -0.1) is 0 Å². The molecule has 6 nitrogen and oxygen atoms in total. The first-order valence-corrected chi connectivity index (χ1v) is 11.5. The molecule has 1 unspecified atom stereocenters. The van der Waals surface area contributed by atoms with Crippen molar-refractivity contribution in [3.8, 4) is 17.2 Å². The Morgan fingerprint density at radius 1 is 1.00 bits per heavy atom. The monoisotopic (exact) mass is 488 g/mol. The summed E-state index contributed by atoms with van der Waals surface area (Å²) in [5.41, 5.74) is -3.34. The molecule has 0 aliphatic rings. The summed E-state index contributed by atoms with van der Waals surface area (Å²) in [6.45, 7) is 0.954. The number of amides is 1. The van der Waals surface area contributed by atoms with Crippen molar-refractivity contribution in [3.63, 3.8) is 0 Å². The van der Waals surface area contributed by atoms with Gasteiger partial charge in [0.2, 0.25) is 0 Å². The average molecular weight is 488 g/mol. The SMILES string of the molecule is CC(O)(CS(=O)(=O)c1cccc(-c2ccccc2)c1)C(=O)Nc1ccc(C#N)c(C(F)(F)F)c1. The fourth-order valence-corrected chi connectivity index (χ4v) is 4.87. The maximum absolute atomic E-state index is 13.2. The number of nitriles is 1. The highest BCUT2D eigenvalue weighted by molar-refractivity contribution is 7.91. The van der Waals surface area contributed by atoms with Gasteiger partial charge in [-0.1, -0.05) is 42.5 Å². The average Bonchev–Trinajstić information content (AvgIpc) is 2.78. The number of rotatable bonds is 6. The molecule has 3 rings (SSSR count). The molecular weight excluding hydrogens is 469 g/mol. The molecule has 0 fully saturated rings. The number of aliphatic hydroxyl groups is 1. The lowest BCUT2D eigenvalue weighted by molar-refractivity contribution is -0.137. The Morgan fingerprint density at radius 2 is 1.65 bits per heavy atom. The number of anilines is 1. The van der Waals surface area contributed by atoms with Gasteiger partial charge in [-0.25, -0.2) is 8.42 Å². The zero-order valence-corrected chi connectivity index (χ0v) is 18.6. The molecule has 0 heterocycles. The first kappa shape index (κ1) is 25.0. The molecule has 0 aliphatic heterocycles. The lowest BCUT2D eigenvalue weighted by Crippen LogP contribution is -2.45. The highest BCUT2D eigenvalue weighted by Crippen LogP contribution is 2.34. The minimum absolute atomic E-state index is 0.125. The second kappa shape index (κ2) is 9.29. The number of halogens is 3. The van der Waals surface area contributed by atoms with E-state index >= 15 is 0 Å². The molecule has 0 saturated heterocycles. The topological polar surface area (TPSA) is 107 Å². The van der Waals surface area contributed by atoms with Crippen LogP contribution in [0.1, 0.15) is 18.1 Å². The van der Waals surface area contributed by atoms with Gasteiger partial charge in [0.25, 0.3) is 5.91 Å². The number of nitrogens with zero attached hydrogens (tertiary/aromatic N) is 1. The second-order valence-corrected chi connectivity index (χ2v) is 9.74. The summed E-state index contributed by atoms with van der Waals surface area (Å²) < 4.78 is 65.3. The van der Waals surface area contributed by atoms with Crippen molar-refractivity contribution in [1.29, 1.82) is 5.26 Å². The van der Waals surface area contributed by atoms with Gasteiger partial charge in [-0.2, -0.15) is 18.4 Å². The molecule has 10 heteroatoms. The molecule has 1 amide bonds.